The zero-order valence-electron chi connectivity index (χ0n) is 10.4. The largest absolute Gasteiger partial charge is 0.507 e. The van der Waals surface area contributed by atoms with Gasteiger partial charge in [-0.2, -0.15) is 0 Å². The van der Waals surface area contributed by atoms with E-state index in [9.17, 15) is 5.11 Å². The van der Waals surface area contributed by atoms with Crippen molar-refractivity contribution in [3.63, 3.8) is 0 Å². The number of aromatic hydroxyl groups is 1. The molecule has 1 aliphatic heterocycles. The molecular weight excluding hydrogens is 204 g/mol. The number of hydrogen-bond donors (Lipinski definition) is 1. The summed E-state index contributed by atoms with van der Waals surface area (Å²) in [6, 6.07) is 0. The molecule has 1 aliphatic rings. The van der Waals surface area contributed by atoms with Gasteiger partial charge in [0.15, 0.2) is 6.29 Å². The molecule has 2 rings (SSSR count). The molecule has 3 heteroatoms. The highest BCUT2D eigenvalue weighted by atomic mass is 16.7. The lowest BCUT2D eigenvalue weighted by molar-refractivity contribution is -0.123. The second kappa shape index (κ2) is 3.67. The summed E-state index contributed by atoms with van der Waals surface area (Å²) in [6.45, 7) is 9.65. The standard InChI is InChI=1S/C13H18O3/c1-6-7(2)13-11(8(3)12(6)14)9(4)15-10(5)16-13/h9-10,14H,1-5H3/t9-,10-/m0/s1. The van der Waals surface area contributed by atoms with Crippen LogP contribution in [0.2, 0.25) is 0 Å². The lowest BCUT2D eigenvalue weighted by Crippen LogP contribution is -2.26. The number of ether oxygens (including phenoxy) is 2. The molecule has 0 saturated carbocycles. The zero-order valence-corrected chi connectivity index (χ0v) is 10.4. The second-order valence-corrected chi connectivity index (χ2v) is 4.43. The third kappa shape index (κ3) is 1.47. The summed E-state index contributed by atoms with van der Waals surface area (Å²) in [7, 11) is 0. The van der Waals surface area contributed by atoms with Crippen molar-refractivity contribution in [2.75, 3.05) is 0 Å². The van der Waals surface area contributed by atoms with Gasteiger partial charge >= 0.3 is 0 Å². The molecule has 0 spiro atoms. The van der Waals surface area contributed by atoms with E-state index >= 15 is 0 Å². The van der Waals surface area contributed by atoms with Crippen molar-refractivity contribution in [2.24, 2.45) is 0 Å². The van der Waals surface area contributed by atoms with Gasteiger partial charge < -0.3 is 14.6 Å². The Labute approximate surface area is 96.0 Å². The fraction of sp³-hybridized carbons (Fsp3) is 0.538. The molecule has 1 aromatic carbocycles. The van der Waals surface area contributed by atoms with Crippen LogP contribution in [-0.2, 0) is 4.74 Å². The first-order chi connectivity index (χ1) is 7.43. The molecule has 2 atom stereocenters. The minimum absolute atomic E-state index is 0.0380. The van der Waals surface area contributed by atoms with E-state index in [2.05, 4.69) is 0 Å². The van der Waals surface area contributed by atoms with Crippen LogP contribution in [0.15, 0.2) is 0 Å². The van der Waals surface area contributed by atoms with E-state index in [1.807, 2.05) is 34.6 Å². The van der Waals surface area contributed by atoms with E-state index in [0.717, 1.165) is 28.0 Å². The number of benzene rings is 1. The Morgan fingerprint density at radius 2 is 1.62 bits per heavy atom. The molecule has 3 nitrogen and oxygen atoms in total. The van der Waals surface area contributed by atoms with E-state index in [0.29, 0.717) is 5.75 Å². The molecular formula is C13H18O3. The molecule has 0 saturated heterocycles. The Morgan fingerprint density at radius 1 is 1.00 bits per heavy atom. The van der Waals surface area contributed by atoms with Gasteiger partial charge in [-0.1, -0.05) is 0 Å². The normalized spacial score (nSPS) is 23.8. The quantitative estimate of drug-likeness (QED) is 0.733. The predicted octanol–water partition coefficient (Wildman–Crippen LogP) is 3.13. The van der Waals surface area contributed by atoms with Crippen LogP contribution in [0.4, 0.5) is 0 Å². The number of rotatable bonds is 0. The SMILES string of the molecule is Cc1c(C)c2c(c(C)c1O)[C@H](C)O[C@H](C)O2. The van der Waals surface area contributed by atoms with Crippen LogP contribution in [0, 0.1) is 20.8 Å². The van der Waals surface area contributed by atoms with Crippen LogP contribution in [0.1, 0.15) is 42.2 Å². The smallest absolute Gasteiger partial charge is 0.197 e. The van der Waals surface area contributed by atoms with Crippen molar-refractivity contribution >= 4 is 0 Å². The van der Waals surface area contributed by atoms with Gasteiger partial charge in [0, 0.05) is 11.1 Å². The third-order valence-corrected chi connectivity index (χ3v) is 3.35. The minimum atomic E-state index is -0.232. The average Bonchev–Trinajstić information content (AvgIpc) is 2.22. The fourth-order valence-electron chi connectivity index (χ4n) is 2.32. The van der Waals surface area contributed by atoms with Gasteiger partial charge in [0.25, 0.3) is 0 Å². The Balaban J connectivity index is 2.71. The van der Waals surface area contributed by atoms with E-state index < -0.39 is 0 Å². The maximum Gasteiger partial charge on any atom is 0.197 e. The summed E-state index contributed by atoms with van der Waals surface area (Å²) in [5.41, 5.74) is 3.72. The monoisotopic (exact) mass is 222 g/mol. The van der Waals surface area contributed by atoms with Crippen LogP contribution in [-0.4, -0.2) is 11.4 Å². The van der Waals surface area contributed by atoms with E-state index in [4.69, 9.17) is 9.47 Å². The molecule has 1 N–H and O–H groups in total. The van der Waals surface area contributed by atoms with E-state index in [-0.39, 0.29) is 12.4 Å². The molecule has 1 aromatic rings. The van der Waals surface area contributed by atoms with Gasteiger partial charge in [-0.25, -0.2) is 0 Å². The Hall–Kier alpha value is -1.22. The van der Waals surface area contributed by atoms with Crippen molar-refractivity contribution < 1.29 is 14.6 Å². The highest BCUT2D eigenvalue weighted by Crippen LogP contribution is 2.44. The molecule has 1 heterocycles. The van der Waals surface area contributed by atoms with Crippen LogP contribution in [0.5, 0.6) is 11.5 Å². The van der Waals surface area contributed by atoms with E-state index in [1.54, 1.807) is 0 Å². The van der Waals surface area contributed by atoms with Gasteiger partial charge in [-0.3, -0.25) is 0 Å². The summed E-state index contributed by atoms with van der Waals surface area (Å²) >= 11 is 0. The van der Waals surface area contributed by atoms with Gasteiger partial charge in [-0.15, -0.1) is 0 Å². The number of fused-ring (bicyclic) bond motifs is 1. The van der Waals surface area contributed by atoms with Crippen molar-refractivity contribution in [2.45, 2.75) is 47.0 Å². The summed E-state index contributed by atoms with van der Waals surface area (Å²) in [5.74, 6) is 1.23. The molecule has 0 unspecified atom stereocenters. The highest BCUT2D eigenvalue weighted by Gasteiger charge is 2.29. The number of hydrogen-bond acceptors (Lipinski definition) is 3. The van der Waals surface area contributed by atoms with Crippen molar-refractivity contribution in [1.82, 2.24) is 0 Å². The minimum Gasteiger partial charge on any atom is -0.507 e. The van der Waals surface area contributed by atoms with Crippen LogP contribution >= 0.6 is 0 Å². The highest BCUT2D eigenvalue weighted by molar-refractivity contribution is 5.58. The summed E-state index contributed by atoms with van der Waals surface area (Å²) in [5, 5.41) is 10.0. The first-order valence-electron chi connectivity index (χ1n) is 5.58. The fourth-order valence-corrected chi connectivity index (χ4v) is 2.32. The molecule has 0 fully saturated rings. The predicted molar refractivity (Wildman–Crippen MR) is 61.9 cm³/mol. The Morgan fingerprint density at radius 3 is 2.25 bits per heavy atom. The number of phenols is 1. The van der Waals surface area contributed by atoms with Gasteiger partial charge in [0.05, 0.1) is 6.10 Å². The summed E-state index contributed by atoms with van der Waals surface area (Å²) in [4.78, 5) is 0. The Kier molecular flexibility index (Phi) is 2.58. The Bertz CT molecular complexity index is 438. The number of phenolic OH excluding ortho intramolecular Hbond substituents is 1. The molecule has 0 bridgehead atoms. The molecule has 0 aliphatic carbocycles. The lowest BCUT2D eigenvalue weighted by Gasteiger charge is -2.32. The molecule has 0 radical (unpaired) electrons. The topological polar surface area (TPSA) is 38.7 Å². The van der Waals surface area contributed by atoms with Gasteiger partial charge in [0.1, 0.15) is 11.5 Å². The maximum atomic E-state index is 10.0. The molecule has 16 heavy (non-hydrogen) atoms. The van der Waals surface area contributed by atoms with Crippen molar-refractivity contribution in [3.8, 4) is 11.5 Å². The average molecular weight is 222 g/mol. The summed E-state index contributed by atoms with van der Waals surface area (Å²) < 4.78 is 11.3. The zero-order chi connectivity index (χ0) is 12.0. The van der Waals surface area contributed by atoms with Crippen molar-refractivity contribution in [3.05, 3.63) is 22.3 Å². The molecule has 88 valence electrons. The van der Waals surface area contributed by atoms with Crippen LogP contribution < -0.4 is 4.74 Å². The first-order valence-corrected chi connectivity index (χ1v) is 5.58. The third-order valence-electron chi connectivity index (χ3n) is 3.35. The molecule has 0 aromatic heterocycles. The van der Waals surface area contributed by atoms with Gasteiger partial charge in [0.2, 0.25) is 0 Å². The van der Waals surface area contributed by atoms with Crippen molar-refractivity contribution in [1.29, 1.82) is 0 Å². The molecule has 0 amide bonds. The second-order valence-electron chi connectivity index (χ2n) is 4.43. The maximum absolute atomic E-state index is 10.0. The first kappa shape index (κ1) is 11.3. The van der Waals surface area contributed by atoms with Crippen LogP contribution in [0.25, 0.3) is 0 Å². The van der Waals surface area contributed by atoms with Crippen LogP contribution in [0.3, 0.4) is 0 Å². The summed E-state index contributed by atoms with van der Waals surface area (Å²) in [6.07, 6.45) is -0.270. The lowest BCUT2D eigenvalue weighted by atomic mass is 9.94. The van der Waals surface area contributed by atoms with E-state index in [1.165, 1.54) is 0 Å². The van der Waals surface area contributed by atoms with Gasteiger partial charge in [-0.05, 0) is 45.7 Å².